The van der Waals surface area contributed by atoms with Crippen molar-refractivity contribution in [3.63, 3.8) is 0 Å². The van der Waals surface area contributed by atoms with Gasteiger partial charge in [-0.05, 0) is 12.3 Å². The third-order valence-corrected chi connectivity index (χ3v) is 3.13. The normalized spacial score (nSPS) is 14.0. The molecule has 0 aromatic carbocycles. The molecule has 4 nitrogen and oxygen atoms in total. The molecule has 0 radical (unpaired) electrons. The van der Waals surface area contributed by atoms with Gasteiger partial charge in [0.25, 0.3) is 0 Å². The second-order valence-electron chi connectivity index (χ2n) is 5.34. The number of unbranched alkanes of at least 4 members (excludes halogenated alkanes) is 1. The topological polar surface area (TPSA) is 52.6 Å². The predicted molar refractivity (Wildman–Crippen MR) is 78.7 cm³/mol. The molecule has 0 heterocycles. The van der Waals surface area contributed by atoms with Gasteiger partial charge >= 0.3 is 11.9 Å². The van der Waals surface area contributed by atoms with Crippen molar-refractivity contribution in [3.05, 3.63) is 12.5 Å². The van der Waals surface area contributed by atoms with Gasteiger partial charge in [0.1, 0.15) is 12.5 Å². The van der Waals surface area contributed by atoms with Crippen molar-refractivity contribution in [3.8, 4) is 0 Å². The van der Waals surface area contributed by atoms with Gasteiger partial charge in [-0.3, -0.25) is 9.59 Å². The van der Waals surface area contributed by atoms with E-state index in [1.807, 2.05) is 13.8 Å². The molecule has 116 valence electrons. The fourth-order valence-corrected chi connectivity index (χ4v) is 1.87. The lowest BCUT2D eigenvalue weighted by molar-refractivity contribution is -0.144. The van der Waals surface area contributed by atoms with Crippen LogP contribution in [0.1, 0.15) is 66.2 Å². The molecule has 4 heteroatoms. The quantitative estimate of drug-likeness (QED) is 0.445. The van der Waals surface area contributed by atoms with Gasteiger partial charge in [-0.15, -0.1) is 0 Å². The fourth-order valence-electron chi connectivity index (χ4n) is 1.87. The molecular weight excluding hydrogens is 256 g/mol. The fraction of sp³-hybridized carbons (Fsp3) is 0.750. The summed E-state index contributed by atoms with van der Waals surface area (Å²) >= 11 is 0. The van der Waals surface area contributed by atoms with Crippen LogP contribution in [0, 0.1) is 11.8 Å². The molecule has 0 saturated carbocycles. The van der Waals surface area contributed by atoms with Crippen molar-refractivity contribution in [1.29, 1.82) is 0 Å². The molecule has 0 aliphatic heterocycles. The summed E-state index contributed by atoms with van der Waals surface area (Å²) in [5.41, 5.74) is 0. The van der Waals surface area contributed by atoms with E-state index in [4.69, 9.17) is 9.47 Å². The standard InChI is InChI=1S/C16H28O4/c1-5-7-9-14(4)16(18)20-11-10-19-15(17)12-13(3)8-6-2/h10-11,13-14H,5-9,12H2,1-4H3/b11-10-. The maximum Gasteiger partial charge on any atom is 0.313 e. The van der Waals surface area contributed by atoms with Crippen LogP contribution in [0.15, 0.2) is 12.5 Å². The van der Waals surface area contributed by atoms with Crippen LogP contribution in [0.4, 0.5) is 0 Å². The van der Waals surface area contributed by atoms with Crippen molar-refractivity contribution in [2.45, 2.75) is 66.2 Å². The van der Waals surface area contributed by atoms with Crippen molar-refractivity contribution in [2.24, 2.45) is 11.8 Å². The largest absolute Gasteiger partial charge is 0.431 e. The zero-order valence-electron chi connectivity index (χ0n) is 13.2. The Hall–Kier alpha value is -1.32. The Morgan fingerprint density at radius 3 is 2.25 bits per heavy atom. The van der Waals surface area contributed by atoms with Gasteiger partial charge in [-0.25, -0.2) is 0 Å². The van der Waals surface area contributed by atoms with E-state index in [0.717, 1.165) is 44.6 Å². The lowest BCUT2D eigenvalue weighted by Crippen LogP contribution is -2.12. The van der Waals surface area contributed by atoms with Crippen LogP contribution in [0.25, 0.3) is 0 Å². The lowest BCUT2D eigenvalue weighted by Gasteiger charge is -2.08. The maximum atomic E-state index is 11.5. The van der Waals surface area contributed by atoms with Gasteiger partial charge in [0.2, 0.25) is 0 Å². The summed E-state index contributed by atoms with van der Waals surface area (Å²) in [5, 5.41) is 0. The molecule has 0 N–H and O–H groups in total. The van der Waals surface area contributed by atoms with Crippen molar-refractivity contribution < 1.29 is 19.1 Å². The summed E-state index contributed by atoms with van der Waals surface area (Å²) in [7, 11) is 0. The van der Waals surface area contributed by atoms with Crippen LogP contribution in [-0.4, -0.2) is 11.9 Å². The lowest BCUT2D eigenvalue weighted by atomic mass is 10.0. The van der Waals surface area contributed by atoms with Crippen molar-refractivity contribution in [1.82, 2.24) is 0 Å². The molecule has 0 aromatic rings. The molecular formula is C16H28O4. The average Bonchev–Trinajstić information content (AvgIpc) is 2.40. The third-order valence-electron chi connectivity index (χ3n) is 3.13. The highest BCUT2D eigenvalue weighted by atomic mass is 16.6. The number of carbonyl (C=O) groups is 2. The van der Waals surface area contributed by atoms with E-state index >= 15 is 0 Å². The minimum atomic E-state index is -0.294. The number of rotatable bonds is 10. The Morgan fingerprint density at radius 2 is 1.65 bits per heavy atom. The molecule has 2 unspecified atom stereocenters. The summed E-state index contributed by atoms with van der Waals surface area (Å²) in [6.45, 7) is 8.02. The Morgan fingerprint density at radius 1 is 1.00 bits per heavy atom. The zero-order valence-corrected chi connectivity index (χ0v) is 13.2. The second kappa shape index (κ2) is 11.5. The molecule has 0 rings (SSSR count). The van der Waals surface area contributed by atoms with Gasteiger partial charge in [0, 0.05) is 6.42 Å². The van der Waals surface area contributed by atoms with E-state index in [0.29, 0.717) is 12.3 Å². The Bertz CT molecular complexity index is 310. The van der Waals surface area contributed by atoms with E-state index < -0.39 is 0 Å². The summed E-state index contributed by atoms with van der Waals surface area (Å²) < 4.78 is 9.78. The molecule has 2 atom stereocenters. The van der Waals surface area contributed by atoms with E-state index in [-0.39, 0.29) is 17.9 Å². The van der Waals surface area contributed by atoms with Crippen LogP contribution < -0.4 is 0 Å². The highest BCUT2D eigenvalue weighted by Crippen LogP contribution is 2.11. The SMILES string of the molecule is CCCCC(C)C(=O)O/C=C\OC(=O)CC(C)CCC. The summed E-state index contributed by atoms with van der Waals surface area (Å²) in [5.74, 6) is -0.389. The Labute approximate surface area is 122 Å². The highest BCUT2D eigenvalue weighted by molar-refractivity contribution is 5.72. The number of carbonyl (C=O) groups excluding carboxylic acids is 2. The van der Waals surface area contributed by atoms with Crippen molar-refractivity contribution in [2.75, 3.05) is 0 Å². The van der Waals surface area contributed by atoms with Crippen molar-refractivity contribution >= 4 is 11.9 Å². The second-order valence-corrected chi connectivity index (χ2v) is 5.34. The molecule has 0 amide bonds. The van der Waals surface area contributed by atoms with Crippen LogP contribution >= 0.6 is 0 Å². The first kappa shape index (κ1) is 18.7. The van der Waals surface area contributed by atoms with Gasteiger partial charge in [0.05, 0.1) is 5.92 Å². The van der Waals surface area contributed by atoms with Gasteiger partial charge in [-0.2, -0.15) is 0 Å². The summed E-state index contributed by atoms with van der Waals surface area (Å²) in [4.78, 5) is 23.0. The van der Waals surface area contributed by atoms with Crippen LogP contribution in [0.5, 0.6) is 0 Å². The number of esters is 2. The van der Waals surface area contributed by atoms with Gasteiger partial charge in [-0.1, -0.05) is 53.4 Å². The van der Waals surface area contributed by atoms with E-state index in [1.54, 1.807) is 0 Å². The summed E-state index contributed by atoms with van der Waals surface area (Å²) in [6, 6.07) is 0. The molecule has 0 bridgehead atoms. The highest BCUT2D eigenvalue weighted by Gasteiger charge is 2.12. The molecule has 20 heavy (non-hydrogen) atoms. The Kier molecular flexibility index (Phi) is 10.7. The minimum absolute atomic E-state index is 0.125. The first-order valence-electron chi connectivity index (χ1n) is 7.56. The minimum Gasteiger partial charge on any atom is -0.431 e. The maximum absolute atomic E-state index is 11.5. The predicted octanol–water partition coefficient (Wildman–Crippen LogP) is 4.20. The zero-order chi connectivity index (χ0) is 15.4. The molecule has 0 spiro atoms. The molecule has 0 saturated heterocycles. The number of hydrogen-bond donors (Lipinski definition) is 0. The number of ether oxygens (including phenoxy) is 2. The van der Waals surface area contributed by atoms with E-state index in [2.05, 4.69) is 13.8 Å². The van der Waals surface area contributed by atoms with E-state index in [1.165, 1.54) is 0 Å². The Balaban J connectivity index is 3.84. The van der Waals surface area contributed by atoms with Crippen LogP contribution in [-0.2, 0) is 19.1 Å². The molecule has 0 aliphatic carbocycles. The first-order chi connectivity index (χ1) is 9.51. The summed E-state index contributed by atoms with van der Waals surface area (Å²) in [6.07, 6.45) is 7.61. The average molecular weight is 284 g/mol. The van der Waals surface area contributed by atoms with Crippen LogP contribution in [0.2, 0.25) is 0 Å². The number of hydrogen-bond acceptors (Lipinski definition) is 4. The van der Waals surface area contributed by atoms with Gasteiger partial charge < -0.3 is 9.47 Å². The van der Waals surface area contributed by atoms with Crippen LogP contribution in [0.3, 0.4) is 0 Å². The molecule has 0 fully saturated rings. The third kappa shape index (κ3) is 9.59. The monoisotopic (exact) mass is 284 g/mol. The smallest absolute Gasteiger partial charge is 0.313 e. The van der Waals surface area contributed by atoms with E-state index in [9.17, 15) is 9.59 Å². The first-order valence-corrected chi connectivity index (χ1v) is 7.56. The van der Waals surface area contributed by atoms with Gasteiger partial charge in [0.15, 0.2) is 0 Å². The molecule has 0 aliphatic rings. The molecule has 0 aromatic heterocycles.